The van der Waals surface area contributed by atoms with Crippen molar-refractivity contribution in [2.24, 2.45) is 0 Å². The van der Waals surface area contributed by atoms with Gasteiger partial charge in [-0.25, -0.2) is 4.79 Å². The number of hydrogen-bond acceptors (Lipinski definition) is 5. The van der Waals surface area contributed by atoms with Gasteiger partial charge in [0.1, 0.15) is 17.4 Å². The monoisotopic (exact) mass is 363 g/mol. The molecule has 0 N–H and O–H groups in total. The molecule has 0 amide bonds. The Morgan fingerprint density at radius 2 is 1.78 bits per heavy atom. The number of aryl methyl sites for hydroxylation is 2. The second kappa shape index (κ2) is 8.81. The lowest BCUT2D eigenvalue weighted by Gasteiger charge is -2.14. The Morgan fingerprint density at radius 1 is 1.11 bits per heavy atom. The standard InChI is InChI=1S/C22H21NO4/c1-14-5-6-15(2)20(11-14)21(24)16(3)27-22(25)18(13-23)12-17-7-9-19(26-4)10-8-17/h5-12,16H,1-4H3/b18-12+/t16-/m1/s1. The molecular weight excluding hydrogens is 342 g/mol. The Bertz CT molecular complexity index is 920. The number of ether oxygens (including phenoxy) is 2. The number of esters is 1. The van der Waals surface area contributed by atoms with Gasteiger partial charge >= 0.3 is 5.97 Å². The number of methoxy groups -OCH3 is 1. The molecule has 27 heavy (non-hydrogen) atoms. The van der Waals surface area contributed by atoms with Gasteiger partial charge < -0.3 is 9.47 Å². The number of benzene rings is 2. The first-order valence-electron chi connectivity index (χ1n) is 8.44. The number of nitriles is 1. The summed E-state index contributed by atoms with van der Waals surface area (Å²) < 4.78 is 10.3. The topological polar surface area (TPSA) is 76.4 Å². The van der Waals surface area contributed by atoms with Crippen LogP contribution < -0.4 is 4.74 Å². The fraction of sp³-hybridized carbons (Fsp3) is 0.227. The van der Waals surface area contributed by atoms with Crippen molar-refractivity contribution >= 4 is 17.8 Å². The molecule has 0 aliphatic heterocycles. The van der Waals surface area contributed by atoms with Crippen LogP contribution in [0.1, 0.15) is 34.0 Å². The second-order valence-electron chi connectivity index (χ2n) is 6.17. The Labute approximate surface area is 158 Å². The molecule has 0 aliphatic rings. The maximum atomic E-state index is 12.6. The van der Waals surface area contributed by atoms with Gasteiger partial charge in [0, 0.05) is 5.56 Å². The van der Waals surface area contributed by atoms with Gasteiger partial charge in [-0.2, -0.15) is 5.26 Å². The van der Waals surface area contributed by atoms with Crippen molar-refractivity contribution in [3.8, 4) is 11.8 Å². The van der Waals surface area contributed by atoms with Crippen LogP contribution in [0.15, 0.2) is 48.0 Å². The summed E-state index contributed by atoms with van der Waals surface area (Å²) >= 11 is 0. The SMILES string of the molecule is COc1ccc(/C=C(\C#N)C(=O)O[C@H](C)C(=O)c2cc(C)ccc2C)cc1. The van der Waals surface area contributed by atoms with Crippen LogP contribution >= 0.6 is 0 Å². The summed E-state index contributed by atoms with van der Waals surface area (Å²) in [6.07, 6.45) is 0.419. The van der Waals surface area contributed by atoms with E-state index in [1.807, 2.05) is 32.0 Å². The molecule has 1 atom stereocenters. The highest BCUT2D eigenvalue weighted by molar-refractivity contribution is 6.04. The number of carbonyl (C=O) groups excluding carboxylic acids is 2. The van der Waals surface area contributed by atoms with E-state index in [4.69, 9.17) is 9.47 Å². The van der Waals surface area contributed by atoms with Gasteiger partial charge in [-0.05, 0) is 56.2 Å². The van der Waals surface area contributed by atoms with E-state index >= 15 is 0 Å². The van der Waals surface area contributed by atoms with E-state index < -0.39 is 12.1 Å². The average molecular weight is 363 g/mol. The highest BCUT2D eigenvalue weighted by Crippen LogP contribution is 2.17. The van der Waals surface area contributed by atoms with Gasteiger partial charge in [0.15, 0.2) is 6.10 Å². The fourth-order valence-electron chi connectivity index (χ4n) is 2.50. The van der Waals surface area contributed by atoms with E-state index in [0.717, 1.165) is 11.1 Å². The van der Waals surface area contributed by atoms with E-state index in [2.05, 4.69) is 0 Å². The molecule has 0 heterocycles. The summed E-state index contributed by atoms with van der Waals surface area (Å²) in [5.41, 5.74) is 2.73. The van der Waals surface area contributed by atoms with Crippen molar-refractivity contribution in [1.29, 1.82) is 5.26 Å². The third kappa shape index (κ3) is 5.05. The molecule has 0 saturated heterocycles. The first-order valence-corrected chi connectivity index (χ1v) is 8.44. The first kappa shape index (κ1) is 19.9. The number of hydrogen-bond donors (Lipinski definition) is 0. The van der Waals surface area contributed by atoms with Crippen molar-refractivity contribution in [2.75, 3.05) is 7.11 Å². The van der Waals surface area contributed by atoms with Gasteiger partial charge in [0.2, 0.25) is 5.78 Å². The molecule has 5 nitrogen and oxygen atoms in total. The average Bonchev–Trinajstić information content (AvgIpc) is 2.67. The van der Waals surface area contributed by atoms with Crippen LogP contribution in [0.2, 0.25) is 0 Å². The van der Waals surface area contributed by atoms with Gasteiger partial charge in [0.25, 0.3) is 0 Å². The zero-order chi connectivity index (χ0) is 20.0. The molecule has 0 aliphatic carbocycles. The van der Waals surface area contributed by atoms with Crippen LogP contribution in [0.5, 0.6) is 5.75 Å². The Balaban J connectivity index is 2.15. The van der Waals surface area contributed by atoms with Crippen LogP contribution in [0.4, 0.5) is 0 Å². The van der Waals surface area contributed by atoms with Crippen molar-refractivity contribution in [3.05, 3.63) is 70.3 Å². The summed E-state index contributed by atoms with van der Waals surface area (Å²) in [6.45, 7) is 5.22. The summed E-state index contributed by atoms with van der Waals surface area (Å²) in [7, 11) is 1.55. The molecule has 0 spiro atoms. The fourth-order valence-corrected chi connectivity index (χ4v) is 2.50. The molecule has 0 radical (unpaired) electrons. The van der Waals surface area contributed by atoms with Gasteiger partial charge in [0.05, 0.1) is 7.11 Å². The van der Waals surface area contributed by atoms with E-state index in [9.17, 15) is 14.9 Å². The van der Waals surface area contributed by atoms with E-state index in [-0.39, 0.29) is 11.4 Å². The molecule has 2 aromatic rings. The van der Waals surface area contributed by atoms with Crippen molar-refractivity contribution in [1.82, 2.24) is 0 Å². The zero-order valence-electron chi connectivity index (χ0n) is 15.8. The Morgan fingerprint density at radius 3 is 2.37 bits per heavy atom. The van der Waals surface area contributed by atoms with Crippen LogP contribution in [-0.4, -0.2) is 25.0 Å². The molecule has 0 saturated carbocycles. The summed E-state index contributed by atoms with van der Waals surface area (Å²) in [5, 5.41) is 9.28. The lowest BCUT2D eigenvalue weighted by Crippen LogP contribution is -2.25. The number of ketones is 1. The minimum absolute atomic E-state index is 0.180. The third-order valence-corrected chi connectivity index (χ3v) is 4.08. The number of nitrogens with zero attached hydrogens (tertiary/aromatic N) is 1. The van der Waals surface area contributed by atoms with Gasteiger partial charge in [-0.1, -0.05) is 29.8 Å². The van der Waals surface area contributed by atoms with E-state index in [0.29, 0.717) is 16.9 Å². The highest BCUT2D eigenvalue weighted by Gasteiger charge is 2.23. The van der Waals surface area contributed by atoms with Crippen LogP contribution in [0.25, 0.3) is 6.08 Å². The molecule has 0 aromatic heterocycles. The largest absolute Gasteiger partial charge is 0.497 e. The van der Waals surface area contributed by atoms with Crippen molar-refractivity contribution in [3.63, 3.8) is 0 Å². The molecule has 0 fully saturated rings. The lowest BCUT2D eigenvalue weighted by atomic mass is 9.99. The van der Waals surface area contributed by atoms with Gasteiger partial charge in [-0.3, -0.25) is 4.79 Å². The Hall–Kier alpha value is -3.39. The molecule has 0 unspecified atom stereocenters. The second-order valence-corrected chi connectivity index (χ2v) is 6.17. The zero-order valence-corrected chi connectivity index (χ0v) is 15.8. The van der Waals surface area contributed by atoms with Crippen molar-refractivity contribution in [2.45, 2.75) is 26.9 Å². The lowest BCUT2D eigenvalue weighted by molar-refractivity contribution is -0.141. The maximum Gasteiger partial charge on any atom is 0.349 e. The van der Waals surface area contributed by atoms with Crippen LogP contribution in [0, 0.1) is 25.2 Å². The number of rotatable bonds is 6. The predicted molar refractivity (Wildman–Crippen MR) is 102 cm³/mol. The minimum atomic E-state index is -0.995. The first-order chi connectivity index (χ1) is 12.8. The molecule has 138 valence electrons. The maximum absolute atomic E-state index is 12.6. The summed E-state index contributed by atoms with van der Waals surface area (Å²) in [5.74, 6) is -0.466. The normalized spacial score (nSPS) is 12.0. The smallest absolute Gasteiger partial charge is 0.349 e. The predicted octanol–water partition coefficient (Wildman–Crippen LogP) is 4.03. The molecule has 2 aromatic carbocycles. The van der Waals surface area contributed by atoms with Crippen molar-refractivity contribution < 1.29 is 19.1 Å². The highest BCUT2D eigenvalue weighted by atomic mass is 16.5. The molecular formula is C22H21NO4. The molecule has 2 rings (SSSR count). The number of Topliss-reactive ketones (excluding diaryl/α,β-unsaturated/α-hetero) is 1. The van der Waals surface area contributed by atoms with E-state index in [1.165, 1.54) is 13.0 Å². The summed E-state index contributed by atoms with van der Waals surface area (Å²) in [6, 6.07) is 14.2. The quantitative estimate of drug-likeness (QED) is 0.335. The van der Waals surface area contributed by atoms with Crippen LogP contribution in [0.3, 0.4) is 0 Å². The molecule has 5 heteroatoms. The van der Waals surface area contributed by atoms with Crippen LogP contribution in [-0.2, 0) is 9.53 Å². The summed E-state index contributed by atoms with van der Waals surface area (Å²) in [4.78, 5) is 24.9. The van der Waals surface area contributed by atoms with E-state index in [1.54, 1.807) is 37.4 Å². The van der Waals surface area contributed by atoms with Gasteiger partial charge in [-0.15, -0.1) is 0 Å². The third-order valence-electron chi connectivity index (χ3n) is 4.08. The Kier molecular flexibility index (Phi) is 6.51. The molecule has 0 bridgehead atoms. The number of carbonyl (C=O) groups is 2. The minimum Gasteiger partial charge on any atom is -0.497 e.